The van der Waals surface area contributed by atoms with Crippen LogP contribution in [0.4, 0.5) is 22.0 Å². The lowest BCUT2D eigenvalue weighted by Gasteiger charge is -2.29. The molecular weight excluding hydrogens is 556 g/mol. The first kappa shape index (κ1) is 31.2. The second-order valence-corrected chi connectivity index (χ2v) is 11.4. The number of carbonyl (C=O) groups is 2. The number of rotatable bonds is 11. The number of anilines is 3. The van der Waals surface area contributed by atoms with Crippen LogP contribution < -0.4 is 15.5 Å². The number of piperidine rings is 1. The molecule has 232 valence electrons. The average Bonchev–Trinajstić information content (AvgIpc) is 3.46. The van der Waals surface area contributed by atoms with Gasteiger partial charge >= 0.3 is 6.03 Å². The van der Waals surface area contributed by atoms with Crippen LogP contribution in [0.25, 0.3) is 10.9 Å². The van der Waals surface area contributed by atoms with Crippen molar-refractivity contribution in [3.8, 4) is 0 Å². The fraction of sp³-hybridized carbons (Fsp3) is 0.382. The molecule has 44 heavy (non-hydrogen) atoms. The molecule has 0 spiro atoms. The molecule has 4 aromatic rings. The van der Waals surface area contributed by atoms with Gasteiger partial charge in [0.05, 0.1) is 24.3 Å². The first-order valence-electron chi connectivity index (χ1n) is 15.3. The Morgan fingerprint density at radius 3 is 2.52 bits per heavy atom. The van der Waals surface area contributed by atoms with Gasteiger partial charge in [-0.2, -0.15) is 0 Å². The summed E-state index contributed by atoms with van der Waals surface area (Å²) in [6.07, 6.45) is 5.94. The summed E-state index contributed by atoms with van der Waals surface area (Å²) in [6.45, 7) is 7.89. The zero-order chi connectivity index (χ0) is 31.1. The summed E-state index contributed by atoms with van der Waals surface area (Å²) in [5.41, 5.74) is 4.34. The van der Waals surface area contributed by atoms with Crippen LogP contribution in [0.1, 0.15) is 42.6 Å². The normalized spacial score (nSPS) is 14.2. The Kier molecular flexibility index (Phi) is 10.3. The van der Waals surface area contributed by atoms with Crippen LogP contribution in [0.2, 0.25) is 0 Å². The Balaban J connectivity index is 1.28. The smallest absolute Gasteiger partial charge is 0.325 e. The fourth-order valence-corrected chi connectivity index (χ4v) is 5.48. The standard InChI is InChI=1S/C34H42N6O4/c1-24(2)44-21-20-39(28-8-9-31-27(22-28)12-19-40(31)34(43)35-3)29-10-15-36-32(23-29)37-33(42)26-6-4-25(5-7-26)11-16-38-17-13-30(41)14-18-38/h4-10,12,15,19,22-24,30,41H,11,13-14,16-18,20-21H2,1-3H3,(H,35,43)(H,36,37,42). The summed E-state index contributed by atoms with van der Waals surface area (Å²) >= 11 is 0. The van der Waals surface area contributed by atoms with E-state index in [1.54, 1.807) is 24.0 Å². The fourth-order valence-electron chi connectivity index (χ4n) is 5.48. The molecule has 0 aliphatic carbocycles. The Bertz CT molecular complexity index is 1560. The van der Waals surface area contributed by atoms with Crippen LogP contribution in [0.15, 0.2) is 73.1 Å². The summed E-state index contributed by atoms with van der Waals surface area (Å²) in [6, 6.07) is 19.1. The molecule has 5 rings (SSSR count). The van der Waals surface area contributed by atoms with Crippen LogP contribution in [0.5, 0.6) is 0 Å². The molecule has 3 N–H and O–H groups in total. The van der Waals surface area contributed by atoms with Crippen LogP contribution in [0.3, 0.4) is 0 Å². The first-order valence-corrected chi connectivity index (χ1v) is 15.3. The van der Waals surface area contributed by atoms with Crippen molar-refractivity contribution in [3.63, 3.8) is 0 Å². The average molecular weight is 599 g/mol. The van der Waals surface area contributed by atoms with E-state index in [1.165, 1.54) is 5.56 Å². The lowest BCUT2D eigenvalue weighted by Crippen LogP contribution is -2.37. The van der Waals surface area contributed by atoms with E-state index < -0.39 is 0 Å². The van der Waals surface area contributed by atoms with Gasteiger partial charge in [-0.1, -0.05) is 12.1 Å². The van der Waals surface area contributed by atoms with Crippen molar-refractivity contribution in [2.75, 3.05) is 50.1 Å². The number of aliphatic hydroxyl groups is 1. The molecule has 0 unspecified atom stereocenters. The van der Waals surface area contributed by atoms with Gasteiger partial charge in [0.1, 0.15) is 5.82 Å². The number of ether oxygens (including phenoxy) is 1. The molecule has 1 aliphatic rings. The van der Waals surface area contributed by atoms with Gasteiger partial charge < -0.3 is 30.3 Å². The Morgan fingerprint density at radius 1 is 1.05 bits per heavy atom. The molecule has 1 saturated heterocycles. The van der Waals surface area contributed by atoms with Crippen molar-refractivity contribution in [2.24, 2.45) is 0 Å². The largest absolute Gasteiger partial charge is 0.393 e. The van der Waals surface area contributed by atoms with Crippen molar-refractivity contribution < 1.29 is 19.4 Å². The number of hydrogen-bond donors (Lipinski definition) is 3. The van der Waals surface area contributed by atoms with Crippen LogP contribution in [0, 0.1) is 0 Å². The predicted octanol–water partition coefficient (Wildman–Crippen LogP) is 5.04. The molecule has 0 saturated carbocycles. The highest BCUT2D eigenvalue weighted by Gasteiger charge is 2.17. The molecular formula is C34H42N6O4. The van der Waals surface area contributed by atoms with Gasteiger partial charge in [-0.3, -0.25) is 9.36 Å². The maximum Gasteiger partial charge on any atom is 0.325 e. The SMILES string of the molecule is CNC(=O)n1ccc2cc(N(CCOC(C)C)c3ccnc(NC(=O)c4ccc(CCN5CCC(O)CC5)cc4)c3)ccc21. The van der Waals surface area contributed by atoms with Gasteiger partial charge in [-0.15, -0.1) is 0 Å². The minimum atomic E-state index is -0.224. The number of likely N-dealkylation sites (tertiary alicyclic amines) is 1. The van der Waals surface area contributed by atoms with E-state index in [4.69, 9.17) is 4.74 Å². The number of nitrogens with zero attached hydrogens (tertiary/aromatic N) is 4. The number of amides is 2. The number of aliphatic hydroxyl groups excluding tert-OH is 1. The Morgan fingerprint density at radius 2 is 1.80 bits per heavy atom. The Labute approximate surface area is 258 Å². The highest BCUT2D eigenvalue weighted by molar-refractivity contribution is 6.04. The summed E-state index contributed by atoms with van der Waals surface area (Å²) < 4.78 is 7.46. The van der Waals surface area contributed by atoms with Crippen LogP contribution in [-0.2, 0) is 11.2 Å². The van der Waals surface area contributed by atoms with E-state index in [0.717, 1.165) is 61.2 Å². The van der Waals surface area contributed by atoms with Gasteiger partial charge in [0, 0.05) is 74.0 Å². The number of carbonyl (C=O) groups excluding carboxylic acids is 2. The minimum Gasteiger partial charge on any atom is -0.393 e. The maximum atomic E-state index is 13.1. The molecule has 10 nitrogen and oxygen atoms in total. The van der Waals surface area contributed by atoms with Crippen molar-refractivity contribution >= 4 is 40.0 Å². The molecule has 0 bridgehead atoms. The summed E-state index contributed by atoms with van der Waals surface area (Å²) in [4.78, 5) is 34.3. The highest BCUT2D eigenvalue weighted by atomic mass is 16.5. The van der Waals surface area contributed by atoms with Gasteiger partial charge in [0.25, 0.3) is 5.91 Å². The van der Waals surface area contributed by atoms with Crippen LogP contribution in [-0.4, -0.2) is 83.5 Å². The van der Waals surface area contributed by atoms with E-state index in [1.807, 2.05) is 74.5 Å². The van der Waals surface area contributed by atoms with Crippen LogP contribution >= 0.6 is 0 Å². The zero-order valence-electron chi connectivity index (χ0n) is 25.7. The summed E-state index contributed by atoms with van der Waals surface area (Å²) in [7, 11) is 1.61. The molecule has 0 radical (unpaired) electrons. The Hall–Kier alpha value is -4.25. The molecule has 2 aromatic carbocycles. The molecule has 2 aromatic heterocycles. The molecule has 3 heterocycles. The van der Waals surface area contributed by atoms with E-state index >= 15 is 0 Å². The van der Waals surface area contributed by atoms with Gasteiger partial charge in [-0.05, 0) is 81.1 Å². The maximum absolute atomic E-state index is 13.1. The third-order valence-corrected chi connectivity index (χ3v) is 7.97. The van der Waals surface area contributed by atoms with E-state index in [2.05, 4.69) is 25.4 Å². The number of pyridine rings is 1. The van der Waals surface area contributed by atoms with Gasteiger partial charge in [0.2, 0.25) is 0 Å². The van der Waals surface area contributed by atoms with E-state index in [-0.39, 0.29) is 24.1 Å². The van der Waals surface area contributed by atoms with Crippen molar-refractivity contribution in [1.29, 1.82) is 0 Å². The van der Waals surface area contributed by atoms with E-state index in [0.29, 0.717) is 24.5 Å². The summed E-state index contributed by atoms with van der Waals surface area (Å²) in [5, 5.41) is 16.3. The first-order chi connectivity index (χ1) is 21.3. The number of benzene rings is 2. The lowest BCUT2D eigenvalue weighted by atomic mass is 10.1. The topological polar surface area (TPSA) is 112 Å². The molecule has 2 amide bonds. The van der Waals surface area contributed by atoms with Gasteiger partial charge in [0.15, 0.2) is 0 Å². The third-order valence-electron chi connectivity index (χ3n) is 7.97. The molecule has 1 fully saturated rings. The van der Waals surface area contributed by atoms with Crippen molar-refractivity contribution in [2.45, 2.75) is 45.3 Å². The third kappa shape index (κ3) is 7.82. The van der Waals surface area contributed by atoms with E-state index in [9.17, 15) is 14.7 Å². The molecule has 10 heteroatoms. The minimum absolute atomic E-state index is 0.0957. The quantitative estimate of drug-likeness (QED) is 0.222. The lowest BCUT2D eigenvalue weighted by molar-refractivity contribution is 0.0831. The monoisotopic (exact) mass is 598 g/mol. The second-order valence-electron chi connectivity index (χ2n) is 11.4. The number of aromatic nitrogens is 2. The number of hydrogen-bond acceptors (Lipinski definition) is 7. The van der Waals surface area contributed by atoms with Crippen molar-refractivity contribution in [3.05, 3.63) is 84.2 Å². The molecule has 1 aliphatic heterocycles. The zero-order valence-corrected chi connectivity index (χ0v) is 25.7. The number of fused-ring (bicyclic) bond motifs is 1. The molecule has 0 atom stereocenters. The van der Waals surface area contributed by atoms with Gasteiger partial charge in [-0.25, -0.2) is 9.78 Å². The van der Waals surface area contributed by atoms with Crippen molar-refractivity contribution in [1.82, 2.24) is 19.8 Å². The summed E-state index contributed by atoms with van der Waals surface area (Å²) in [5.74, 6) is 0.225. The predicted molar refractivity (Wildman–Crippen MR) is 174 cm³/mol. The highest BCUT2D eigenvalue weighted by Crippen LogP contribution is 2.30. The number of nitrogens with one attached hydrogen (secondary N) is 2. The second kappa shape index (κ2) is 14.5.